The Morgan fingerprint density at radius 3 is 1.83 bits per heavy atom. The number of carbonyl (C=O) groups is 2. The van der Waals surface area contributed by atoms with Crippen molar-refractivity contribution in [1.29, 1.82) is 0 Å². The van der Waals surface area contributed by atoms with Gasteiger partial charge >= 0.3 is 0 Å². The summed E-state index contributed by atoms with van der Waals surface area (Å²) in [7, 11) is 0. The molecule has 1 spiro atoms. The molecule has 0 saturated carbocycles. The molecule has 1 aromatic heterocycles. The van der Waals surface area contributed by atoms with Gasteiger partial charge in [0.1, 0.15) is 0 Å². The van der Waals surface area contributed by atoms with E-state index < -0.39 is 5.41 Å². The first-order valence-electron chi connectivity index (χ1n) is 18.0. The Balaban J connectivity index is 1.19. The topological polar surface area (TPSA) is 37.4 Å². The highest BCUT2D eigenvalue weighted by atomic mass is 32.1. The molecule has 3 aliphatic rings. The summed E-state index contributed by atoms with van der Waals surface area (Å²) < 4.78 is 0. The lowest BCUT2D eigenvalue weighted by atomic mass is 9.71. The first-order chi connectivity index (χ1) is 26.0. The van der Waals surface area contributed by atoms with E-state index in [9.17, 15) is 9.59 Å². The molecule has 0 fully saturated rings. The maximum Gasteiger partial charge on any atom is 0.197 e. The lowest BCUT2D eigenvalue weighted by Gasteiger charge is -2.32. The Morgan fingerprint density at radius 1 is 0.585 bits per heavy atom. The summed E-state index contributed by atoms with van der Waals surface area (Å²) >= 11 is 1.66. The molecule has 0 atom stereocenters. The Labute approximate surface area is 312 Å². The summed E-state index contributed by atoms with van der Waals surface area (Å²) in [6.45, 7) is 4.19. The van der Waals surface area contributed by atoms with Gasteiger partial charge in [-0.1, -0.05) is 109 Å². The monoisotopic (exact) mass is 699 g/mol. The number of nitrogens with zero attached hydrogens (tertiary/aromatic N) is 1. The first kappa shape index (κ1) is 31.4. The summed E-state index contributed by atoms with van der Waals surface area (Å²) in [6.07, 6.45) is 8.12. The number of Topliss-reactive ketones (excluding diaryl/α,β-unsaturated/α-hetero) is 2. The summed E-state index contributed by atoms with van der Waals surface area (Å²) in [4.78, 5) is 32.1. The lowest BCUT2D eigenvalue weighted by molar-refractivity contribution is 0.0990. The number of allylic oxidation sites excluding steroid dienone is 5. The van der Waals surface area contributed by atoms with Gasteiger partial charge in [0, 0.05) is 38.0 Å². The quantitative estimate of drug-likeness (QED) is 0.102. The molecular formula is C49H33NO2S. The van der Waals surface area contributed by atoms with Crippen molar-refractivity contribution in [3.8, 4) is 21.6 Å². The molecule has 10 rings (SSSR count). The normalized spacial score (nSPS) is 14.8. The SMILES string of the molecule is C/C=C\C=C(/C)N(c1ccccc1)c1ccc2c(c1)C1(c3ccccc3-c3ccccc31)c1cc(C=C3C(=O)c4cc5ccccc5cc4C3=O)sc1-2. The summed E-state index contributed by atoms with van der Waals surface area (Å²) in [6, 6.07) is 48.8. The van der Waals surface area contributed by atoms with Gasteiger partial charge in [0.05, 0.1) is 11.0 Å². The number of hydrogen-bond acceptors (Lipinski definition) is 4. The van der Waals surface area contributed by atoms with Crippen LogP contribution in [0.5, 0.6) is 0 Å². The maximum absolute atomic E-state index is 13.8. The van der Waals surface area contributed by atoms with E-state index in [0.29, 0.717) is 11.1 Å². The molecule has 0 unspecified atom stereocenters. The van der Waals surface area contributed by atoms with Crippen LogP contribution in [0.1, 0.15) is 61.7 Å². The molecule has 7 aromatic rings. The van der Waals surface area contributed by atoms with Gasteiger partial charge in [0.25, 0.3) is 0 Å². The highest BCUT2D eigenvalue weighted by Gasteiger charge is 2.52. The van der Waals surface area contributed by atoms with Crippen LogP contribution in [0.15, 0.2) is 169 Å². The largest absolute Gasteiger partial charge is 0.315 e. The Morgan fingerprint density at radius 2 is 1.19 bits per heavy atom. The van der Waals surface area contributed by atoms with E-state index in [4.69, 9.17) is 0 Å². The molecule has 0 amide bonds. The van der Waals surface area contributed by atoms with Crippen LogP contribution in [0.3, 0.4) is 0 Å². The van der Waals surface area contributed by atoms with Gasteiger partial charge in [0.15, 0.2) is 11.6 Å². The van der Waals surface area contributed by atoms with Crippen molar-refractivity contribution in [3.63, 3.8) is 0 Å². The molecule has 0 saturated heterocycles. The van der Waals surface area contributed by atoms with E-state index in [-0.39, 0.29) is 17.1 Å². The fourth-order valence-electron chi connectivity index (χ4n) is 8.83. The van der Waals surface area contributed by atoms with Gasteiger partial charge < -0.3 is 4.90 Å². The van der Waals surface area contributed by atoms with Crippen molar-refractivity contribution in [2.45, 2.75) is 19.3 Å². The predicted molar refractivity (Wildman–Crippen MR) is 218 cm³/mol. The number of anilines is 2. The number of carbonyl (C=O) groups excluding carboxylic acids is 2. The number of benzene rings is 6. The van der Waals surface area contributed by atoms with Crippen molar-refractivity contribution in [1.82, 2.24) is 0 Å². The zero-order valence-corrected chi connectivity index (χ0v) is 30.1. The Kier molecular flexibility index (Phi) is 7.01. The molecule has 0 N–H and O–H groups in total. The van der Waals surface area contributed by atoms with E-state index in [2.05, 4.69) is 133 Å². The second-order valence-electron chi connectivity index (χ2n) is 13.9. The molecule has 0 bridgehead atoms. The molecule has 53 heavy (non-hydrogen) atoms. The van der Waals surface area contributed by atoms with Crippen molar-refractivity contribution >= 4 is 51.1 Å². The van der Waals surface area contributed by atoms with Crippen LogP contribution in [0, 0.1) is 0 Å². The lowest BCUT2D eigenvalue weighted by Crippen LogP contribution is -2.26. The van der Waals surface area contributed by atoms with Crippen molar-refractivity contribution < 1.29 is 9.59 Å². The molecule has 4 heteroatoms. The number of thiophene rings is 1. The van der Waals surface area contributed by atoms with Crippen molar-refractivity contribution in [2.24, 2.45) is 0 Å². The van der Waals surface area contributed by atoms with Crippen LogP contribution in [-0.4, -0.2) is 11.6 Å². The first-order valence-corrected chi connectivity index (χ1v) is 18.8. The van der Waals surface area contributed by atoms with Crippen LogP contribution in [-0.2, 0) is 5.41 Å². The van der Waals surface area contributed by atoms with Gasteiger partial charge in [-0.3, -0.25) is 9.59 Å². The third-order valence-electron chi connectivity index (χ3n) is 11.1. The minimum atomic E-state index is -0.575. The van der Waals surface area contributed by atoms with E-state index in [0.717, 1.165) is 32.7 Å². The number of hydrogen-bond donors (Lipinski definition) is 0. The number of ketones is 2. The molecule has 0 radical (unpaired) electrons. The fraction of sp³-hybridized carbons (Fsp3) is 0.0612. The number of fused-ring (bicyclic) bond motifs is 12. The third kappa shape index (κ3) is 4.46. The Bertz CT molecular complexity index is 2700. The maximum atomic E-state index is 13.8. The van der Waals surface area contributed by atoms with Gasteiger partial charge in [-0.05, 0) is 118 Å². The van der Waals surface area contributed by atoms with Gasteiger partial charge in [-0.25, -0.2) is 0 Å². The van der Waals surface area contributed by atoms with Crippen LogP contribution in [0.2, 0.25) is 0 Å². The van der Waals surface area contributed by atoms with Crippen molar-refractivity contribution in [3.05, 3.63) is 207 Å². The van der Waals surface area contributed by atoms with Crippen LogP contribution < -0.4 is 4.90 Å². The zero-order valence-electron chi connectivity index (χ0n) is 29.3. The molecule has 3 aliphatic carbocycles. The number of para-hydroxylation sites is 1. The smallest absolute Gasteiger partial charge is 0.197 e. The highest BCUT2D eigenvalue weighted by Crippen LogP contribution is 2.65. The molecule has 6 aromatic carbocycles. The average Bonchev–Trinajstić information content (AvgIpc) is 3.89. The molecular weight excluding hydrogens is 667 g/mol. The number of rotatable bonds is 5. The van der Waals surface area contributed by atoms with E-state index in [1.165, 1.54) is 43.8 Å². The van der Waals surface area contributed by atoms with Crippen molar-refractivity contribution in [2.75, 3.05) is 4.90 Å². The fourth-order valence-corrected chi connectivity index (χ4v) is 10.0. The predicted octanol–water partition coefficient (Wildman–Crippen LogP) is 12.3. The molecule has 1 heterocycles. The van der Waals surface area contributed by atoms with Gasteiger partial charge in [0.2, 0.25) is 0 Å². The van der Waals surface area contributed by atoms with Crippen LogP contribution in [0.25, 0.3) is 38.4 Å². The van der Waals surface area contributed by atoms with E-state index in [1.807, 2.05) is 49.4 Å². The average molecular weight is 700 g/mol. The molecule has 252 valence electrons. The van der Waals surface area contributed by atoms with E-state index in [1.54, 1.807) is 11.3 Å². The standard InChI is InChI=1S/C49H33NO2S/c1-3-4-14-30(2)50(33-17-6-5-7-18-33)34-23-24-38-44(27-34)49(42-21-12-10-19-36(42)37-20-11-13-22-43(37)49)45-29-35(53-48(38)45)28-41-46(51)39-25-31-15-8-9-16-32(31)26-40(39)47(41)52/h3-29H,1-2H3/b4-3-,30-14+. The highest BCUT2D eigenvalue weighted by molar-refractivity contribution is 7.16. The van der Waals surface area contributed by atoms with Crippen LogP contribution >= 0.6 is 11.3 Å². The third-order valence-corrected chi connectivity index (χ3v) is 12.2. The summed E-state index contributed by atoms with van der Waals surface area (Å²) in [5.74, 6) is -0.411. The van der Waals surface area contributed by atoms with Gasteiger partial charge in [-0.15, -0.1) is 11.3 Å². The molecule has 3 nitrogen and oxygen atoms in total. The zero-order chi connectivity index (χ0) is 35.8. The minimum absolute atomic E-state index is 0.206. The Hall–Kier alpha value is -6.36. The molecule has 0 aliphatic heterocycles. The second-order valence-corrected chi connectivity index (χ2v) is 15.0. The van der Waals surface area contributed by atoms with Crippen LogP contribution in [0.4, 0.5) is 11.4 Å². The van der Waals surface area contributed by atoms with Gasteiger partial charge in [-0.2, -0.15) is 0 Å². The summed E-state index contributed by atoms with van der Waals surface area (Å²) in [5.41, 5.74) is 12.5. The minimum Gasteiger partial charge on any atom is -0.315 e. The van der Waals surface area contributed by atoms with E-state index >= 15 is 0 Å². The second kappa shape index (κ2) is 11.8. The summed E-state index contributed by atoms with van der Waals surface area (Å²) in [5, 5.41) is 1.91.